The van der Waals surface area contributed by atoms with Gasteiger partial charge in [-0.15, -0.1) is 11.3 Å². The minimum Gasteiger partial charge on any atom is -0.467 e. The number of aryl methyl sites for hydroxylation is 2. The van der Waals surface area contributed by atoms with E-state index in [1.807, 2.05) is 30.3 Å². The molecule has 0 spiro atoms. The van der Waals surface area contributed by atoms with Crippen molar-refractivity contribution in [2.45, 2.75) is 32.1 Å². The van der Waals surface area contributed by atoms with Crippen LogP contribution in [0.1, 0.15) is 34.7 Å². The van der Waals surface area contributed by atoms with Crippen LogP contribution >= 0.6 is 22.9 Å². The number of anilines is 1. The smallest absolute Gasteiger partial charge is 0.262 e. The Morgan fingerprint density at radius 2 is 1.94 bits per heavy atom. The molecule has 0 bridgehead atoms. The monoisotopic (exact) mass is 481 g/mol. The average Bonchev–Trinajstić information content (AvgIpc) is 3.19. The van der Waals surface area contributed by atoms with Crippen LogP contribution in [0.25, 0.3) is 10.2 Å². The lowest BCUT2D eigenvalue weighted by molar-refractivity contribution is -0.118. The van der Waals surface area contributed by atoms with Crippen molar-refractivity contribution in [2.24, 2.45) is 0 Å². The summed E-state index contributed by atoms with van der Waals surface area (Å²) in [7, 11) is 0. The van der Waals surface area contributed by atoms with Crippen LogP contribution in [-0.4, -0.2) is 22.5 Å². The number of hydrogen-bond donors (Lipinski definition) is 1. The summed E-state index contributed by atoms with van der Waals surface area (Å²) in [6.45, 7) is -0.226. The fraction of sp³-hybridized carbons (Fsp3) is 0.240. The van der Waals surface area contributed by atoms with E-state index >= 15 is 0 Å². The fourth-order valence-electron chi connectivity index (χ4n) is 4.03. The SMILES string of the molecule is O=C(COc1nc(Cc2ccccc2)nc2sc3c(c12)CCCC3)Nc1ccc(F)c(Cl)c1. The fourth-order valence-corrected chi connectivity index (χ4v) is 5.48. The Hall–Kier alpha value is -3.03. The second-order valence-corrected chi connectivity index (χ2v) is 9.45. The highest BCUT2D eigenvalue weighted by molar-refractivity contribution is 7.18. The molecule has 33 heavy (non-hydrogen) atoms. The molecular weight excluding hydrogens is 461 g/mol. The van der Waals surface area contributed by atoms with Crippen molar-refractivity contribution in [3.8, 4) is 5.88 Å². The summed E-state index contributed by atoms with van der Waals surface area (Å²) < 4.78 is 19.3. The summed E-state index contributed by atoms with van der Waals surface area (Å²) in [6.07, 6.45) is 4.87. The van der Waals surface area contributed by atoms with Crippen molar-refractivity contribution in [3.05, 3.63) is 81.2 Å². The molecule has 5 nitrogen and oxygen atoms in total. The largest absolute Gasteiger partial charge is 0.467 e. The molecule has 1 N–H and O–H groups in total. The number of hydrogen-bond acceptors (Lipinski definition) is 5. The number of benzene rings is 2. The third kappa shape index (κ3) is 4.84. The van der Waals surface area contributed by atoms with Gasteiger partial charge in [0.1, 0.15) is 16.5 Å². The number of amides is 1. The van der Waals surface area contributed by atoms with Gasteiger partial charge in [-0.3, -0.25) is 4.79 Å². The van der Waals surface area contributed by atoms with Gasteiger partial charge in [-0.25, -0.2) is 9.37 Å². The molecule has 1 amide bonds. The maximum Gasteiger partial charge on any atom is 0.262 e. The van der Waals surface area contributed by atoms with E-state index in [0.29, 0.717) is 23.8 Å². The van der Waals surface area contributed by atoms with Crippen LogP contribution in [-0.2, 0) is 24.1 Å². The summed E-state index contributed by atoms with van der Waals surface area (Å²) in [4.78, 5) is 24.3. The highest BCUT2D eigenvalue weighted by Crippen LogP contribution is 2.39. The normalized spacial score (nSPS) is 13.0. The van der Waals surface area contributed by atoms with Gasteiger partial charge in [-0.2, -0.15) is 4.98 Å². The van der Waals surface area contributed by atoms with Crippen LogP contribution in [0, 0.1) is 5.82 Å². The lowest BCUT2D eigenvalue weighted by atomic mass is 9.97. The highest BCUT2D eigenvalue weighted by atomic mass is 35.5. The minimum absolute atomic E-state index is 0.0540. The summed E-state index contributed by atoms with van der Waals surface area (Å²) in [5.74, 6) is 0.186. The van der Waals surface area contributed by atoms with Crippen LogP contribution in [0.15, 0.2) is 48.5 Å². The third-order valence-corrected chi connectivity index (χ3v) is 7.05. The van der Waals surface area contributed by atoms with Gasteiger partial charge in [-0.1, -0.05) is 41.9 Å². The standard InChI is InChI=1S/C25H21ClFN3O2S/c26-18-13-16(10-11-19(18)27)28-22(31)14-32-24-23-17-8-4-5-9-20(17)33-25(23)30-21(29-24)12-15-6-2-1-3-7-15/h1-3,6-7,10-11,13H,4-5,8-9,12,14H2,(H,28,31). The second kappa shape index (κ2) is 9.45. The lowest BCUT2D eigenvalue weighted by Crippen LogP contribution is -2.21. The predicted molar refractivity (Wildman–Crippen MR) is 129 cm³/mol. The summed E-state index contributed by atoms with van der Waals surface area (Å²) in [5.41, 5.74) is 2.75. The summed E-state index contributed by atoms with van der Waals surface area (Å²) in [5, 5.41) is 3.55. The molecule has 0 radical (unpaired) electrons. The van der Waals surface area contributed by atoms with E-state index in [1.54, 1.807) is 11.3 Å². The summed E-state index contributed by atoms with van der Waals surface area (Å²) in [6, 6.07) is 14.1. The molecular formula is C25H21ClFN3O2S. The number of rotatable bonds is 6. The highest BCUT2D eigenvalue weighted by Gasteiger charge is 2.22. The van der Waals surface area contributed by atoms with Crippen molar-refractivity contribution in [2.75, 3.05) is 11.9 Å². The van der Waals surface area contributed by atoms with E-state index in [9.17, 15) is 9.18 Å². The van der Waals surface area contributed by atoms with Crippen molar-refractivity contribution in [3.63, 3.8) is 0 Å². The van der Waals surface area contributed by atoms with E-state index < -0.39 is 5.82 Å². The van der Waals surface area contributed by atoms with Crippen LogP contribution in [0.2, 0.25) is 5.02 Å². The molecule has 5 rings (SSSR count). The van der Waals surface area contributed by atoms with Crippen molar-refractivity contribution < 1.29 is 13.9 Å². The Morgan fingerprint density at radius 1 is 1.12 bits per heavy atom. The number of carbonyl (C=O) groups is 1. The number of carbonyl (C=O) groups excluding carboxylic acids is 1. The Morgan fingerprint density at radius 3 is 2.76 bits per heavy atom. The van der Waals surface area contributed by atoms with E-state index in [0.717, 1.165) is 35.0 Å². The Labute approximate surface area is 199 Å². The molecule has 1 aliphatic rings. The second-order valence-electron chi connectivity index (χ2n) is 7.96. The van der Waals surface area contributed by atoms with Gasteiger partial charge < -0.3 is 10.1 Å². The van der Waals surface area contributed by atoms with E-state index in [-0.39, 0.29) is 17.5 Å². The van der Waals surface area contributed by atoms with E-state index in [2.05, 4.69) is 5.32 Å². The molecule has 4 aromatic rings. The zero-order valence-corrected chi connectivity index (χ0v) is 19.3. The molecule has 1 aliphatic carbocycles. The van der Waals surface area contributed by atoms with Gasteiger partial charge in [-0.05, 0) is 55.0 Å². The number of nitrogens with zero attached hydrogens (tertiary/aromatic N) is 2. The third-order valence-electron chi connectivity index (χ3n) is 5.58. The van der Waals surface area contributed by atoms with Crippen LogP contribution in [0.3, 0.4) is 0 Å². The molecule has 0 fully saturated rings. The molecule has 2 heterocycles. The van der Waals surface area contributed by atoms with E-state index in [1.165, 1.54) is 35.1 Å². The quantitative estimate of drug-likeness (QED) is 0.368. The van der Waals surface area contributed by atoms with Gasteiger partial charge in [0.15, 0.2) is 6.61 Å². The van der Waals surface area contributed by atoms with Crippen molar-refractivity contribution in [1.82, 2.24) is 9.97 Å². The molecule has 0 unspecified atom stereocenters. The molecule has 8 heteroatoms. The number of aromatic nitrogens is 2. The predicted octanol–water partition coefficient (Wildman–Crippen LogP) is 5.97. The zero-order valence-electron chi connectivity index (χ0n) is 17.7. The van der Waals surface area contributed by atoms with Crippen LogP contribution in [0.4, 0.5) is 10.1 Å². The first-order chi connectivity index (χ1) is 16.1. The first-order valence-corrected chi connectivity index (χ1v) is 12.0. The van der Waals surface area contributed by atoms with E-state index in [4.69, 9.17) is 26.3 Å². The molecule has 168 valence electrons. The Kier molecular flexibility index (Phi) is 6.24. The number of thiophene rings is 1. The number of ether oxygens (including phenoxy) is 1. The van der Waals surface area contributed by atoms with Crippen LogP contribution < -0.4 is 10.1 Å². The Bertz CT molecular complexity index is 1330. The number of halogens is 2. The first-order valence-electron chi connectivity index (χ1n) is 10.8. The lowest BCUT2D eigenvalue weighted by Gasteiger charge is -2.13. The number of fused-ring (bicyclic) bond motifs is 3. The molecule has 0 saturated carbocycles. The molecule has 2 aromatic heterocycles. The zero-order chi connectivity index (χ0) is 22.8. The summed E-state index contributed by atoms with van der Waals surface area (Å²) >= 11 is 7.50. The van der Waals surface area contributed by atoms with Gasteiger partial charge in [0, 0.05) is 17.0 Å². The minimum atomic E-state index is -0.539. The van der Waals surface area contributed by atoms with Gasteiger partial charge >= 0.3 is 0 Å². The topological polar surface area (TPSA) is 64.1 Å². The molecule has 0 aliphatic heterocycles. The molecule has 2 aromatic carbocycles. The average molecular weight is 482 g/mol. The maximum atomic E-state index is 13.4. The number of nitrogens with one attached hydrogen (secondary N) is 1. The Balaban J connectivity index is 1.41. The molecule has 0 atom stereocenters. The van der Waals surface area contributed by atoms with Gasteiger partial charge in [0.25, 0.3) is 5.91 Å². The molecule has 0 saturated heterocycles. The first kappa shape index (κ1) is 21.8. The van der Waals surface area contributed by atoms with Crippen molar-refractivity contribution in [1.29, 1.82) is 0 Å². The van der Waals surface area contributed by atoms with Crippen molar-refractivity contribution >= 4 is 44.7 Å². The van der Waals surface area contributed by atoms with Gasteiger partial charge in [0.05, 0.1) is 10.4 Å². The maximum absolute atomic E-state index is 13.4. The van der Waals surface area contributed by atoms with Crippen LogP contribution in [0.5, 0.6) is 5.88 Å². The van der Waals surface area contributed by atoms with Gasteiger partial charge in [0.2, 0.25) is 5.88 Å².